The predicted octanol–water partition coefficient (Wildman–Crippen LogP) is 11.2. The molecule has 4 fully saturated rings. The molecule has 0 heterocycles. The van der Waals surface area contributed by atoms with Crippen LogP contribution in [0.5, 0.6) is 0 Å². The summed E-state index contributed by atoms with van der Waals surface area (Å²) in [5, 5.41) is 0. The second kappa shape index (κ2) is 11.4. The van der Waals surface area contributed by atoms with Gasteiger partial charge < -0.3 is 13.3 Å². The van der Waals surface area contributed by atoms with Gasteiger partial charge in [0.05, 0.1) is 11.5 Å². The quantitative estimate of drug-likeness (QED) is 0.197. The van der Waals surface area contributed by atoms with Gasteiger partial charge in [0.15, 0.2) is 16.6 Å². The van der Waals surface area contributed by atoms with Crippen molar-refractivity contribution in [2.45, 2.75) is 171 Å². The zero-order valence-electron chi connectivity index (χ0n) is 32.8. The fraction of sp³-hybridized carbons (Fsp3) is 0.923. The molecule has 9 atom stereocenters. The summed E-state index contributed by atoms with van der Waals surface area (Å²) in [7, 11) is -5.31. The molecule has 0 aromatic carbocycles. The highest BCUT2D eigenvalue weighted by atomic mass is 28.4. The summed E-state index contributed by atoms with van der Waals surface area (Å²) in [6.45, 7) is 36.9. The van der Waals surface area contributed by atoms with Gasteiger partial charge in [-0.2, -0.15) is 0 Å². The molecule has 0 spiro atoms. The molecule has 5 aliphatic rings. The van der Waals surface area contributed by atoms with E-state index in [0.717, 1.165) is 45.1 Å². The van der Waals surface area contributed by atoms with Crippen molar-refractivity contribution in [2.24, 2.45) is 50.2 Å². The van der Waals surface area contributed by atoms with Gasteiger partial charge in [-0.25, -0.2) is 0 Å². The molecule has 0 saturated heterocycles. The van der Waals surface area contributed by atoms with Crippen LogP contribution < -0.4 is 0 Å². The molecule has 7 heteroatoms. The molecule has 4 saturated carbocycles. The third-order valence-corrected chi connectivity index (χ3v) is 17.4. The van der Waals surface area contributed by atoms with E-state index in [9.17, 15) is 4.79 Å². The first-order valence-electron chi connectivity index (χ1n) is 19.0. The number of hydrogen-bond donors (Lipinski definition) is 0. The number of fused-ring (bicyclic) bond motifs is 7. The molecule has 0 radical (unpaired) electrons. The Morgan fingerprint density at radius 2 is 1.39 bits per heavy atom. The van der Waals surface area contributed by atoms with Crippen molar-refractivity contribution in [3.63, 3.8) is 0 Å². The Kier molecular flexibility index (Phi) is 9.18. The molecule has 5 aliphatic carbocycles. The highest BCUT2D eigenvalue weighted by Gasteiger charge is 2.70. The van der Waals surface area contributed by atoms with Gasteiger partial charge >= 0.3 is 0 Å². The van der Waals surface area contributed by atoms with E-state index in [2.05, 4.69) is 107 Å². The molecule has 5 rings (SSSR count). The van der Waals surface area contributed by atoms with Gasteiger partial charge in [-0.15, -0.1) is 0 Å². The minimum absolute atomic E-state index is 0.0904. The van der Waals surface area contributed by atoms with Gasteiger partial charge in [-0.3, -0.25) is 4.79 Å². The second-order valence-corrected chi connectivity index (χ2v) is 34.9. The Bertz CT molecular complexity index is 1220. The van der Waals surface area contributed by atoms with Gasteiger partial charge in [0.2, 0.25) is 8.32 Å². The number of allylic oxidation sites excluding steroid dienone is 2. The summed E-state index contributed by atoms with van der Waals surface area (Å²) in [5.41, 5.74) is 2.15. The third-order valence-electron chi connectivity index (χ3n) is 14.6. The molecule has 264 valence electrons. The van der Waals surface area contributed by atoms with Crippen LogP contribution in [0.15, 0.2) is 11.6 Å². The van der Waals surface area contributed by atoms with Crippen LogP contribution in [-0.4, -0.2) is 43.6 Å². The number of carbonyl (C=O) groups excluding carboxylic acids is 1. The molecule has 9 unspecified atom stereocenters. The first-order valence-corrected chi connectivity index (χ1v) is 29.2. The molecule has 46 heavy (non-hydrogen) atoms. The van der Waals surface area contributed by atoms with Crippen LogP contribution in [0.25, 0.3) is 0 Å². The number of hydrogen-bond acceptors (Lipinski definition) is 4. The third kappa shape index (κ3) is 6.19. The minimum atomic E-state index is -2.03. The molecule has 0 N–H and O–H groups in total. The van der Waals surface area contributed by atoms with Gasteiger partial charge in [-0.1, -0.05) is 53.2 Å². The molecule has 0 aromatic heterocycles. The van der Waals surface area contributed by atoms with Gasteiger partial charge in [0, 0.05) is 6.61 Å². The van der Waals surface area contributed by atoms with Crippen LogP contribution in [0.2, 0.25) is 58.9 Å². The van der Waals surface area contributed by atoms with Crippen LogP contribution >= 0.6 is 0 Å². The normalized spacial score (nSPS) is 44.2. The molecular formula is C39H72O4Si3. The fourth-order valence-electron chi connectivity index (χ4n) is 12.0. The highest BCUT2D eigenvalue weighted by Crippen LogP contribution is 2.76. The lowest BCUT2D eigenvalue weighted by Crippen LogP contribution is -2.65. The van der Waals surface area contributed by atoms with E-state index in [1.54, 1.807) is 5.57 Å². The monoisotopic (exact) mass is 688 g/mol. The van der Waals surface area contributed by atoms with Crippen LogP contribution in [0.1, 0.15) is 106 Å². The van der Waals surface area contributed by atoms with Crippen molar-refractivity contribution in [3.8, 4) is 0 Å². The molecule has 4 nitrogen and oxygen atoms in total. The van der Waals surface area contributed by atoms with Crippen molar-refractivity contribution in [2.75, 3.05) is 6.61 Å². The van der Waals surface area contributed by atoms with E-state index in [0.29, 0.717) is 23.4 Å². The van der Waals surface area contributed by atoms with Gasteiger partial charge in [0.1, 0.15) is 0 Å². The zero-order chi connectivity index (χ0) is 34.6. The Labute approximate surface area is 287 Å². The average molecular weight is 689 g/mol. The smallest absolute Gasteiger partial charge is 0.299 e. The highest BCUT2D eigenvalue weighted by molar-refractivity contribution is 6.71. The summed E-state index contributed by atoms with van der Waals surface area (Å²) >= 11 is 0. The van der Waals surface area contributed by atoms with Crippen molar-refractivity contribution in [1.29, 1.82) is 0 Å². The molecular weight excluding hydrogens is 617 g/mol. The summed E-state index contributed by atoms with van der Waals surface area (Å²) in [4.78, 5) is 14.4. The zero-order valence-corrected chi connectivity index (χ0v) is 35.8. The Balaban J connectivity index is 1.54. The Morgan fingerprint density at radius 1 is 0.761 bits per heavy atom. The van der Waals surface area contributed by atoms with E-state index in [4.69, 9.17) is 13.3 Å². The minimum Gasteiger partial charge on any atom is -0.519 e. The lowest BCUT2D eigenvalue weighted by atomic mass is 9.33. The maximum Gasteiger partial charge on any atom is 0.299 e. The van der Waals surface area contributed by atoms with E-state index in [-0.39, 0.29) is 39.0 Å². The van der Waals surface area contributed by atoms with E-state index in [1.807, 2.05) is 0 Å². The fourth-order valence-corrected chi connectivity index (χ4v) is 14.8. The second-order valence-electron chi connectivity index (χ2n) is 21.5. The van der Waals surface area contributed by atoms with Crippen LogP contribution in [0, 0.1) is 50.2 Å². The summed E-state index contributed by atoms with van der Waals surface area (Å²) in [6, 6.07) is 0. The molecule has 0 amide bonds. The summed E-state index contributed by atoms with van der Waals surface area (Å²) < 4.78 is 20.0. The maximum atomic E-state index is 14.4. The van der Waals surface area contributed by atoms with Crippen LogP contribution in [0.4, 0.5) is 0 Å². The Morgan fingerprint density at radius 3 is 1.98 bits per heavy atom. The standard InChI is InChI=1S/C39H72O4Si3/c1-34(2)30-18-21-38(6)31(36(30,4)20-19-32(34)42-45(10,11)12)17-16-28-29-26-35(3,27-41-44(7,8)9)22-24-39(29,25-23-37(28,38)5)33(40)43-46(13,14)15/h16,29-32H,17-27H2,1-15H3. The number of carbonyl (C=O) groups is 1. The average Bonchev–Trinajstić information content (AvgIpc) is 2.88. The molecule has 0 aromatic rings. The SMILES string of the molecule is CC1(CO[Si](C)(C)C)CCC2(C(=O)O[Si](C)(C)C)CCC3(C)C(=CCC4C5(C)CCC(O[Si](C)(C)C)C(C)(C)C5CCC43C)C2C1. The largest absolute Gasteiger partial charge is 0.519 e. The van der Waals surface area contributed by atoms with Crippen molar-refractivity contribution >= 4 is 30.9 Å². The predicted molar refractivity (Wildman–Crippen MR) is 200 cm³/mol. The van der Waals surface area contributed by atoms with Gasteiger partial charge in [0.25, 0.3) is 5.97 Å². The van der Waals surface area contributed by atoms with Crippen LogP contribution in [0.3, 0.4) is 0 Å². The Hall–Kier alpha value is -0.219. The molecule has 0 bridgehead atoms. The first kappa shape index (κ1) is 37.0. The van der Waals surface area contributed by atoms with Crippen molar-refractivity contribution < 1.29 is 18.1 Å². The van der Waals surface area contributed by atoms with E-state index >= 15 is 0 Å². The topological polar surface area (TPSA) is 44.8 Å². The van der Waals surface area contributed by atoms with Gasteiger partial charge in [-0.05, 0) is 168 Å². The van der Waals surface area contributed by atoms with Crippen molar-refractivity contribution in [1.82, 2.24) is 0 Å². The lowest BCUT2D eigenvalue weighted by molar-refractivity contribution is -0.203. The van der Waals surface area contributed by atoms with E-state index < -0.39 is 25.0 Å². The van der Waals surface area contributed by atoms with E-state index in [1.165, 1.54) is 25.7 Å². The van der Waals surface area contributed by atoms with Crippen LogP contribution in [-0.2, 0) is 18.1 Å². The first-order chi connectivity index (χ1) is 20.7. The lowest BCUT2D eigenvalue weighted by Gasteiger charge is -2.71. The molecule has 0 aliphatic heterocycles. The maximum absolute atomic E-state index is 14.4. The summed E-state index contributed by atoms with van der Waals surface area (Å²) in [5.74, 6) is 1.71. The summed E-state index contributed by atoms with van der Waals surface area (Å²) in [6.07, 6.45) is 14.4. The van der Waals surface area contributed by atoms with Crippen molar-refractivity contribution in [3.05, 3.63) is 11.6 Å². The number of rotatable bonds is 7.